The average Bonchev–Trinajstić information content (AvgIpc) is 2.76. The highest BCUT2D eigenvalue weighted by molar-refractivity contribution is 7.18. The van der Waals surface area contributed by atoms with E-state index in [-0.39, 0.29) is 11.7 Å². The fourth-order valence-corrected chi connectivity index (χ4v) is 2.91. The second-order valence-corrected chi connectivity index (χ2v) is 5.58. The first-order valence-electron chi connectivity index (χ1n) is 5.89. The lowest BCUT2D eigenvalue weighted by atomic mass is 10.3. The zero-order valence-electron chi connectivity index (χ0n) is 10.1. The van der Waals surface area contributed by atoms with Crippen LogP contribution in [0.4, 0.5) is 0 Å². The highest BCUT2D eigenvalue weighted by Gasteiger charge is 2.16. The van der Waals surface area contributed by atoms with Gasteiger partial charge in [0.2, 0.25) is 0 Å². The summed E-state index contributed by atoms with van der Waals surface area (Å²) in [4.78, 5) is 18.5. The lowest BCUT2D eigenvalue weighted by Crippen LogP contribution is -2.35. The summed E-state index contributed by atoms with van der Waals surface area (Å²) >= 11 is 1.54. The average molecular weight is 266 g/mol. The zero-order chi connectivity index (χ0) is 12.5. The number of fused-ring (bicyclic) bond motifs is 1. The number of hydrogen-bond donors (Lipinski definition) is 0. The van der Waals surface area contributed by atoms with Crippen LogP contribution >= 0.6 is 11.3 Å². The van der Waals surface area contributed by atoms with Crippen molar-refractivity contribution in [1.29, 1.82) is 0 Å². The van der Waals surface area contributed by atoms with Gasteiger partial charge in [0.05, 0.1) is 44.2 Å². The molecule has 96 valence electrons. The third-order valence-corrected chi connectivity index (χ3v) is 3.89. The molecule has 1 saturated heterocycles. The van der Waals surface area contributed by atoms with Crippen molar-refractivity contribution in [2.75, 3.05) is 19.8 Å². The summed E-state index contributed by atoms with van der Waals surface area (Å²) in [5.41, 5.74) is -0.00137. The van der Waals surface area contributed by atoms with Crippen molar-refractivity contribution >= 4 is 21.6 Å². The fraction of sp³-hybridized carbons (Fsp3) is 0.500. The van der Waals surface area contributed by atoms with E-state index in [0.29, 0.717) is 31.8 Å². The Balaban J connectivity index is 1.91. The van der Waals surface area contributed by atoms with Gasteiger partial charge in [0.15, 0.2) is 0 Å². The molecule has 0 aromatic carbocycles. The van der Waals surface area contributed by atoms with Gasteiger partial charge in [-0.2, -0.15) is 0 Å². The third-order valence-electron chi connectivity index (χ3n) is 2.93. The summed E-state index contributed by atoms with van der Waals surface area (Å²) in [6.07, 6.45) is 1.54. The predicted octanol–water partition coefficient (Wildman–Crippen LogP) is 1.18. The van der Waals surface area contributed by atoms with Crippen molar-refractivity contribution in [3.63, 3.8) is 0 Å². The standard InChI is InChI=1S/C12H14N2O3S/c1-8-4-10-11(18-8)13-7-14(12(10)15)5-9-6-16-2-3-17-9/h4,7,9H,2-3,5-6H2,1H3. The molecule has 0 radical (unpaired) electrons. The van der Waals surface area contributed by atoms with Crippen LogP contribution in [0.2, 0.25) is 0 Å². The number of rotatable bonds is 2. The second-order valence-electron chi connectivity index (χ2n) is 4.35. The Bertz CT molecular complexity index is 613. The monoisotopic (exact) mass is 266 g/mol. The molecular weight excluding hydrogens is 252 g/mol. The Labute approximate surface area is 108 Å². The van der Waals surface area contributed by atoms with E-state index in [1.807, 2.05) is 13.0 Å². The first-order valence-corrected chi connectivity index (χ1v) is 6.70. The molecule has 3 rings (SSSR count). The fourth-order valence-electron chi connectivity index (χ4n) is 2.07. The molecule has 1 aliphatic heterocycles. The molecule has 6 heteroatoms. The molecule has 0 amide bonds. The largest absolute Gasteiger partial charge is 0.376 e. The number of aryl methyl sites for hydroxylation is 1. The predicted molar refractivity (Wildman–Crippen MR) is 69.2 cm³/mol. The molecule has 2 aromatic rings. The maximum Gasteiger partial charge on any atom is 0.262 e. The van der Waals surface area contributed by atoms with E-state index in [2.05, 4.69) is 4.98 Å². The Hall–Kier alpha value is -1.24. The van der Waals surface area contributed by atoms with Crippen LogP contribution in [0.25, 0.3) is 10.2 Å². The van der Waals surface area contributed by atoms with Gasteiger partial charge in [0.25, 0.3) is 5.56 Å². The number of hydrogen-bond acceptors (Lipinski definition) is 5. The maximum absolute atomic E-state index is 12.2. The topological polar surface area (TPSA) is 53.4 Å². The van der Waals surface area contributed by atoms with Gasteiger partial charge in [-0.05, 0) is 13.0 Å². The van der Waals surface area contributed by atoms with Crippen molar-refractivity contribution in [3.05, 3.63) is 27.6 Å². The van der Waals surface area contributed by atoms with Crippen molar-refractivity contribution in [2.24, 2.45) is 0 Å². The Morgan fingerprint density at radius 3 is 3.22 bits per heavy atom. The van der Waals surface area contributed by atoms with Crippen molar-refractivity contribution < 1.29 is 9.47 Å². The molecule has 0 saturated carbocycles. The van der Waals surface area contributed by atoms with E-state index in [9.17, 15) is 4.79 Å². The number of thiophene rings is 1. The molecule has 0 aliphatic carbocycles. The zero-order valence-corrected chi connectivity index (χ0v) is 10.9. The van der Waals surface area contributed by atoms with Gasteiger partial charge in [0, 0.05) is 4.88 Å². The van der Waals surface area contributed by atoms with Gasteiger partial charge in [-0.25, -0.2) is 4.98 Å². The number of ether oxygens (including phenoxy) is 2. The molecule has 1 unspecified atom stereocenters. The molecule has 3 heterocycles. The molecule has 18 heavy (non-hydrogen) atoms. The molecule has 2 aromatic heterocycles. The van der Waals surface area contributed by atoms with Gasteiger partial charge >= 0.3 is 0 Å². The summed E-state index contributed by atoms with van der Waals surface area (Å²) in [6.45, 7) is 4.23. The smallest absolute Gasteiger partial charge is 0.262 e. The lowest BCUT2D eigenvalue weighted by Gasteiger charge is -2.23. The molecule has 0 bridgehead atoms. The minimum Gasteiger partial charge on any atom is -0.376 e. The van der Waals surface area contributed by atoms with Gasteiger partial charge in [-0.1, -0.05) is 0 Å². The van der Waals surface area contributed by atoms with Gasteiger partial charge in [-0.15, -0.1) is 11.3 Å². The first kappa shape index (κ1) is 11.8. The lowest BCUT2D eigenvalue weighted by molar-refractivity contribution is -0.0939. The van der Waals surface area contributed by atoms with Gasteiger partial charge < -0.3 is 9.47 Å². The molecule has 1 fully saturated rings. The molecule has 1 aliphatic rings. The number of aromatic nitrogens is 2. The van der Waals surface area contributed by atoms with Gasteiger partial charge in [0.1, 0.15) is 4.83 Å². The Morgan fingerprint density at radius 2 is 2.44 bits per heavy atom. The minimum atomic E-state index is -0.0598. The molecule has 0 spiro atoms. The Morgan fingerprint density at radius 1 is 1.56 bits per heavy atom. The van der Waals surface area contributed by atoms with Crippen LogP contribution in [0.3, 0.4) is 0 Å². The van der Waals surface area contributed by atoms with Crippen LogP contribution in [0, 0.1) is 6.92 Å². The van der Waals surface area contributed by atoms with E-state index in [1.54, 1.807) is 22.2 Å². The SMILES string of the molecule is Cc1cc2c(=O)n(CC3COCCO3)cnc2s1. The van der Waals surface area contributed by atoms with Gasteiger partial charge in [-0.3, -0.25) is 9.36 Å². The van der Waals surface area contributed by atoms with Crippen molar-refractivity contribution in [2.45, 2.75) is 19.6 Å². The summed E-state index contributed by atoms with van der Waals surface area (Å²) in [5.74, 6) is 0. The highest BCUT2D eigenvalue weighted by atomic mass is 32.1. The second kappa shape index (κ2) is 4.79. The number of nitrogens with zero attached hydrogens (tertiary/aromatic N) is 2. The highest BCUT2D eigenvalue weighted by Crippen LogP contribution is 2.19. The normalized spacial score (nSPS) is 20.4. The summed E-state index contributed by atoms with van der Waals surface area (Å²) in [6, 6.07) is 1.89. The van der Waals surface area contributed by atoms with E-state index in [0.717, 1.165) is 9.71 Å². The summed E-state index contributed by atoms with van der Waals surface area (Å²) in [5, 5.41) is 0.691. The van der Waals surface area contributed by atoms with Crippen LogP contribution < -0.4 is 5.56 Å². The third kappa shape index (κ3) is 2.19. The molecule has 1 atom stereocenters. The van der Waals surface area contributed by atoms with E-state index in [4.69, 9.17) is 9.47 Å². The quantitative estimate of drug-likeness (QED) is 0.819. The first-order chi connectivity index (χ1) is 8.74. The van der Waals surface area contributed by atoms with E-state index in [1.165, 1.54) is 0 Å². The Kier molecular flexibility index (Phi) is 3.15. The minimum absolute atomic E-state index is 0.00137. The molecular formula is C12H14N2O3S. The van der Waals surface area contributed by atoms with Crippen LogP contribution in [-0.4, -0.2) is 35.5 Å². The van der Waals surface area contributed by atoms with Crippen molar-refractivity contribution in [3.8, 4) is 0 Å². The molecule has 0 N–H and O–H groups in total. The summed E-state index contributed by atoms with van der Waals surface area (Å²) in [7, 11) is 0. The van der Waals surface area contributed by atoms with Crippen LogP contribution in [0.15, 0.2) is 17.2 Å². The van der Waals surface area contributed by atoms with Crippen LogP contribution in [0.1, 0.15) is 4.88 Å². The van der Waals surface area contributed by atoms with Crippen LogP contribution in [0.5, 0.6) is 0 Å². The van der Waals surface area contributed by atoms with Crippen LogP contribution in [-0.2, 0) is 16.0 Å². The van der Waals surface area contributed by atoms with E-state index >= 15 is 0 Å². The van der Waals surface area contributed by atoms with Crippen molar-refractivity contribution in [1.82, 2.24) is 9.55 Å². The maximum atomic E-state index is 12.2. The van der Waals surface area contributed by atoms with E-state index < -0.39 is 0 Å². The summed E-state index contributed by atoms with van der Waals surface area (Å²) < 4.78 is 12.5. The molecule has 5 nitrogen and oxygen atoms in total.